The van der Waals surface area contributed by atoms with Gasteiger partial charge in [0, 0.05) is 10.9 Å². The molecule has 0 spiro atoms. The Kier molecular flexibility index (Phi) is 4.22. The maximum absolute atomic E-state index is 12.3. The van der Waals surface area contributed by atoms with Crippen molar-refractivity contribution in [2.45, 2.75) is 26.3 Å². The average Bonchev–Trinajstić information content (AvgIpc) is 2.63. The fourth-order valence-electron chi connectivity index (χ4n) is 2.14. The lowest BCUT2D eigenvalue weighted by atomic mass is 10.2. The predicted octanol–water partition coefficient (Wildman–Crippen LogP) is 1.19. The second-order valence-electron chi connectivity index (χ2n) is 5.22. The fourth-order valence-corrected chi connectivity index (χ4v) is 2.26. The van der Waals surface area contributed by atoms with Gasteiger partial charge in [0.2, 0.25) is 5.91 Å². The summed E-state index contributed by atoms with van der Waals surface area (Å²) in [5.41, 5.74) is 0.597. The van der Waals surface area contributed by atoms with Gasteiger partial charge in [-0.15, -0.1) is 0 Å². The third kappa shape index (κ3) is 3.14. The second-order valence-corrected chi connectivity index (χ2v) is 5.66. The van der Waals surface area contributed by atoms with E-state index in [0.29, 0.717) is 16.6 Å². The van der Waals surface area contributed by atoms with Gasteiger partial charge in [-0.2, -0.15) is 0 Å². The standard InChI is InChI=1S/C14H17ClN2O2/c1-9(2)8-16-12-7-13(18)17(14(12)19)11-5-3-10(15)4-6-11/h3-6,9,12,16H,7-8H2,1-2H3/p+1/t12-/m0/s1. The van der Waals surface area contributed by atoms with Gasteiger partial charge in [-0.1, -0.05) is 25.4 Å². The van der Waals surface area contributed by atoms with Gasteiger partial charge < -0.3 is 5.32 Å². The van der Waals surface area contributed by atoms with Crippen molar-refractivity contribution < 1.29 is 14.9 Å². The highest BCUT2D eigenvalue weighted by Crippen LogP contribution is 2.23. The van der Waals surface area contributed by atoms with Crippen molar-refractivity contribution in [1.29, 1.82) is 0 Å². The van der Waals surface area contributed by atoms with E-state index in [2.05, 4.69) is 13.8 Å². The SMILES string of the molecule is CC(C)C[NH2+][C@H]1CC(=O)N(c2ccc(Cl)cc2)C1=O. The van der Waals surface area contributed by atoms with Crippen LogP contribution in [-0.4, -0.2) is 24.4 Å². The highest BCUT2D eigenvalue weighted by molar-refractivity contribution is 6.30. The van der Waals surface area contributed by atoms with Crippen molar-refractivity contribution in [1.82, 2.24) is 0 Å². The van der Waals surface area contributed by atoms with Crippen LogP contribution in [0.15, 0.2) is 24.3 Å². The van der Waals surface area contributed by atoms with Gasteiger partial charge in [0.05, 0.1) is 18.7 Å². The molecule has 1 aliphatic heterocycles. The Balaban J connectivity index is 2.12. The number of benzene rings is 1. The molecule has 0 saturated carbocycles. The largest absolute Gasteiger partial charge is 0.335 e. The van der Waals surface area contributed by atoms with Crippen LogP contribution >= 0.6 is 11.6 Å². The number of imide groups is 1. The van der Waals surface area contributed by atoms with Crippen molar-refractivity contribution in [2.75, 3.05) is 11.4 Å². The Morgan fingerprint density at radius 3 is 2.53 bits per heavy atom. The van der Waals surface area contributed by atoms with Gasteiger partial charge in [0.1, 0.15) is 0 Å². The first-order chi connectivity index (χ1) is 8.99. The zero-order chi connectivity index (χ0) is 14.0. The Hall–Kier alpha value is -1.39. The minimum atomic E-state index is -0.287. The smallest absolute Gasteiger partial charge is 0.292 e. The Morgan fingerprint density at radius 2 is 1.95 bits per heavy atom. The summed E-state index contributed by atoms with van der Waals surface area (Å²) >= 11 is 5.81. The maximum atomic E-state index is 12.3. The highest BCUT2D eigenvalue weighted by Gasteiger charge is 2.42. The molecule has 0 unspecified atom stereocenters. The Labute approximate surface area is 117 Å². The van der Waals surface area contributed by atoms with Gasteiger partial charge in [0.25, 0.3) is 5.91 Å². The molecule has 2 N–H and O–H groups in total. The molecule has 1 fully saturated rings. The zero-order valence-electron chi connectivity index (χ0n) is 11.1. The first-order valence-corrected chi connectivity index (χ1v) is 6.82. The minimum Gasteiger partial charge on any atom is -0.335 e. The molecule has 102 valence electrons. The number of halogens is 1. The van der Waals surface area contributed by atoms with Crippen LogP contribution < -0.4 is 10.2 Å². The number of quaternary nitrogens is 1. The van der Waals surface area contributed by atoms with Crippen molar-refractivity contribution in [3.63, 3.8) is 0 Å². The first-order valence-electron chi connectivity index (χ1n) is 6.44. The van der Waals surface area contributed by atoms with E-state index in [0.717, 1.165) is 6.54 Å². The van der Waals surface area contributed by atoms with Gasteiger partial charge in [-0.05, 0) is 24.3 Å². The van der Waals surface area contributed by atoms with Crippen molar-refractivity contribution in [2.24, 2.45) is 5.92 Å². The number of amides is 2. The number of anilines is 1. The van der Waals surface area contributed by atoms with E-state index in [1.807, 2.05) is 5.32 Å². The number of carbonyl (C=O) groups excluding carboxylic acids is 2. The fraction of sp³-hybridized carbons (Fsp3) is 0.429. The average molecular weight is 282 g/mol. The van der Waals surface area contributed by atoms with Crippen LogP contribution in [0.25, 0.3) is 0 Å². The van der Waals surface area contributed by atoms with Crippen molar-refractivity contribution in [3.05, 3.63) is 29.3 Å². The normalized spacial score (nSPS) is 19.6. The predicted molar refractivity (Wildman–Crippen MR) is 74.0 cm³/mol. The lowest BCUT2D eigenvalue weighted by Gasteiger charge is -2.14. The van der Waals surface area contributed by atoms with E-state index in [-0.39, 0.29) is 24.3 Å². The molecule has 5 heteroatoms. The molecule has 1 saturated heterocycles. The number of nitrogens with two attached hydrogens (primary N) is 1. The molecule has 2 rings (SSSR count). The molecule has 2 amide bonds. The topological polar surface area (TPSA) is 54.0 Å². The maximum Gasteiger partial charge on any atom is 0.292 e. The monoisotopic (exact) mass is 281 g/mol. The number of nitrogens with zero attached hydrogens (tertiary/aromatic N) is 1. The quantitative estimate of drug-likeness (QED) is 0.843. The van der Waals surface area contributed by atoms with Crippen LogP contribution in [0, 0.1) is 5.92 Å². The molecule has 0 radical (unpaired) electrons. The third-order valence-electron chi connectivity index (χ3n) is 3.16. The molecule has 0 aromatic heterocycles. The summed E-state index contributed by atoms with van der Waals surface area (Å²) in [6.07, 6.45) is 0.272. The minimum absolute atomic E-state index is 0.132. The summed E-state index contributed by atoms with van der Waals surface area (Å²) in [5, 5.41) is 2.55. The van der Waals surface area contributed by atoms with Crippen molar-refractivity contribution in [3.8, 4) is 0 Å². The molecular weight excluding hydrogens is 264 g/mol. The van der Waals surface area contributed by atoms with E-state index < -0.39 is 0 Å². The molecular formula is C14H18ClN2O2+. The second kappa shape index (κ2) is 5.72. The Morgan fingerprint density at radius 1 is 1.32 bits per heavy atom. The summed E-state index contributed by atoms with van der Waals surface area (Å²) < 4.78 is 0. The molecule has 0 aliphatic carbocycles. The molecule has 1 atom stereocenters. The summed E-state index contributed by atoms with van der Waals surface area (Å²) in [6, 6.07) is 6.47. The summed E-state index contributed by atoms with van der Waals surface area (Å²) in [5.74, 6) is 0.220. The lowest BCUT2D eigenvalue weighted by molar-refractivity contribution is -0.679. The van der Waals surface area contributed by atoms with E-state index in [4.69, 9.17) is 11.6 Å². The lowest BCUT2D eigenvalue weighted by Crippen LogP contribution is -2.92. The van der Waals surface area contributed by atoms with Crippen LogP contribution in [0.4, 0.5) is 5.69 Å². The molecule has 1 heterocycles. The van der Waals surface area contributed by atoms with Crippen LogP contribution in [0.3, 0.4) is 0 Å². The molecule has 1 aromatic carbocycles. The van der Waals surface area contributed by atoms with Gasteiger partial charge >= 0.3 is 0 Å². The van der Waals surface area contributed by atoms with Gasteiger partial charge in [-0.3, -0.25) is 9.59 Å². The molecule has 0 bridgehead atoms. The van der Waals surface area contributed by atoms with Crippen LogP contribution in [0.2, 0.25) is 5.02 Å². The number of carbonyl (C=O) groups is 2. The van der Waals surface area contributed by atoms with E-state index in [1.54, 1.807) is 24.3 Å². The summed E-state index contributed by atoms with van der Waals surface area (Å²) in [7, 11) is 0. The highest BCUT2D eigenvalue weighted by atomic mass is 35.5. The number of hydrogen-bond donors (Lipinski definition) is 1. The molecule has 19 heavy (non-hydrogen) atoms. The zero-order valence-corrected chi connectivity index (χ0v) is 11.9. The number of hydrogen-bond acceptors (Lipinski definition) is 2. The first kappa shape index (κ1) is 14.0. The molecule has 4 nitrogen and oxygen atoms in total. The van der Waals surface area contributed by atoms with E-state index in [9.17, 15) is 9.59 Å². The molecule has 1 aromatic rings. The summed E-state index contributed by atoms with van der Waals surface area (Å²) in [4.78, 5) is 25.5. The third-order valence-corrected chi connectivity index (χ3v) is 3.41. The van der Waals surface area contributed by atoms with Gasteiger partial charge in [0.15, 0.2) is 6.04 Å². The number of rotatable bonds is 4. The van der Waals surface area contributed by atoms with Crippen LogP contribution in [-0.2, 0) is 9.59 Å². The van der Waals surface area contributed by atoms with Crippen LogP contribution in [0.5, 0.6) is 0 Å². The molecule has 1 aliphatic rings. The van der Waals surface area contributed by atoms with Crippen molar-refractivity contribution >= 4 is 29.1 Å². The Bertz CT molecular complexity index is 485. The van der Waals surface area contributed by atoms with Gasteiger partial charge in [-0.25, -0.2) is 4.90 Å². The van der Waals surface area contributed by atoms with E-state index >= 15 is 0 Å². The van der Waals surface area contributed by atoms with Crippen LogP contribution in [0.1, 0.15) is 20.3 Å². The summed E-state index contributed by atoms with van der Waals surface area (Å²) in [6.45, 7) is 5.03. The van der Waals surface area contributed by atoms with E-state index in [1.165, 1.54) is 4.90 Å².